The zero-order chi connectivity index (χ0) is 12.8. The van der Waals surface area contributed by atoms with Crippen molar-refractivity contribution in [2.75, 3.05) is 19.7 Å². The van der Waals surface area contributed by atoms with Crippen molar-refractivity contribution >= 4 is 6.09 Å². The first-order valence-corrected chi connectivity index (χ1v) is 5.11. The molecule has 2 heterocycles. The van der Waals surface area contributed by atoms with Crippen molar-refractivity contribution in [2.24, 2.45) is 5.92 Å². The maximum absolute atomic E-state index is 12.4. The van der Waals surface area contributed by atoms with E-state index in [-0.39, 0.29) is 26.1 Å². The third kappa shape index (κ3) is 2.11. The van der Waals surface area contributed by atoms with Gasteiger partial charge < -0.3 is 14.7 Å². The molecule has 0 aliphatic carbocycles. The predicted octanol–water partition coefficient (Wildman–Crippen LogP) is 1.87. The van der Waals surface area contributed by atoms with E-state index in [1.165, 1.54) is 0 Å². The van der Waals surface area contributed by atoms with E-state index in [0.29, 0.717) is 0 Å². The molecule has 1 unspecified atom stereocenters. The quantitative estimate of drug-likeness (QED) is 0.724. The number of hydrogen-bond acceptors (Lipinski definition) is 2. The lowest BCUT2D eigenvalue weighted by molar-refractivity contribution is -0.100. The van der Waals surface area contributed by atoms with Gasteiger partial charge in [0.2, 0.25) is 0 Å². The fourth-order valence-corrected chi connectivity index (χ4v) is 2.30. The monoisotopic (exact) mass is 251 g/mol. The minimum absolute atomic E-state index is 0.0359. The van der Waals surface area contributed by atoms with Crippen LogP contribution in [-0.2, 0) is 4.74 Å². The molecule has 4 nitrogen and oxygen atoms in total. The van der Waals surface area contributed by atoms with Crippen molar-refractivity contribution in [3.63, 3.8) is 0 Å². The maximum atomic E-state index is 12.4. The van der Waals surface area contributed by atoms with Crippen LogP contribution in [0, 0.1) is 5.92 Å². The van der Waals surface area contributed by atoms with Gasteiger partial charge in [0, 0.05) is 11.5 Å². The molecule has 2 fully saturated rings. The van der Waals surface area contributed by atoms with E-state index in [1.807, 2.05) is 0 Å². The lowest BCUT2D eigenvalue weighted by Gasteiger charge is -2.45. The van der Waals surface area contributed by atoms with Gasteiger partial charge in [-0.25, -0.2) is 4.79 Å². The number of nitrogens with zero attached hydrogens (tertiary/aromatic N) is 1. The van der Waals surface area contributed by atoms with Gasteiger partial charge in [-0.15, -0.1) is 0 Å². The zero-order valence-electron chi connectivity index (χ0n) is 8.96. The van der Waals surface area contributed by atoms with Crippen LogP contribution in [0.25, 0.3) is 0 Å². The first-order valence-electron chi connectivity index (χ1n) is 5.11. The fourth-order valence-electron chi connectivity index (χ4n) is 2.30. The van der Waals surface area contributed by atoms with E-state index < -0.39 is 29.4 Å². The van der Waals surface area contributed by atoms with E-state index in [4.69, 9.17) is 9.84 Å². The summed E-state index contributed by atoms with van der Waals surface area (Å²) in [6.45, 7) is 3.30. The summed E-state index contributed by atoms with van der Waals surface area (Å²) >= 11 is 0. The minimum Gasteiger partial charge on any atom is -0.465 e. The molecule has 0 aromatic carbocycles. The van der Waals surface area contributed by atoms with E-state index in [2.05, 4.69) is 6.58 Å². The number of rotatable bonds is 1. The predicted molar refractivity (Wildman–Crippen MR) is 51.6 cm³/mol. The second-order valence-corrected chi connectivity index (χ2v) is 4.56. The van der Waals surface area contributed by atoms with Crippen LogP contribution < -0.4 is 0 Å². The number of alkyl halides is 3. The Morgan fingerprint density at radius 2 is 2.06 bits per heavy atom. The Morgan fingerprint density at radius 1 is 1.47 bits per heavy atom. The van der Waals surface area contributed by atoms with Crippen LogP contribution in [0.1, 0.15) is 6.42 Å². The number of likely N-dealkylation sites (tertiary alicyclic amines) is 1. The van der Waals surface area contributed by atoms with Crippen molar-refractivity contribution in [1.82, 2.24) is 4.90 Å². The molecule has 0 saturated carbocycles. The van der Waals surface area contributed by atoms with E-state index in [9.17, 15) is 18.0 Å². The molecule has 2 aliphatic rings. The van der Waals surface area contributed by atoms with Crippen molar-refractivity contribution in [2.45, 2.75) is 18.2 Å². The summed E-state index contributed by atoms with van der Waals surface area (Å²) in [6.07, 6.45) is -5.29. The van der Waals surface area contributed by atoms with Gasteiger partial charge in [0.15, 0.2) is 0 Å². The van der Waals surface area contributed by atoms with Crippen LogP contribution in [-0.4, -0.2) is 47.6 Å². The average molecular weight is 251 g/mol. The molecule has 0 radical (unpaired) electrons. The Labute approximate surface area is 95.6 Å². The van der Waals surface area contributed by atoms with E-state index in [0.717, 1.165) is 4.90 Å². The first kappa shape index (κ1) is 12.2. The van der Waals surface area contributed by atoms with Crippen molar-refractivity contribution in [1.29, 1.82) is 0 Å². The smallest absolute Gasteiger partial charge is 0.412 e. The highest BCUT2D eigenvalue weighted by Gasteiger charge is 2.54. The Hall–Kier alpha value is -1.24. The number of ether oxygens (including phenoxy) is 1. The molecule has 0 aromatic heterocycles. The summed E-state index contributed by atoms with van der Waals surface area (Å²) in [4.78, 5) is 11.7. The highest BCUT2D eigenvalue weighted by atomic mass is 19.4. The third-order valence-corrected chi connectivity index (χ3v) is 3.29. The van der Waals surface area contributed by atoms with Crippen molar-refractivity contribution < 1.29 is 27.8 Å². The number of amides is 1. The normalized spacial score (nSPS) is 27.0. The summed E-state index contributed by atoms with van der Waals surface area (Å²) in [5, 5.41) is 8.65. The Balaban J connectivity index is 1.94. The van der Waals surface area contributed by atoms with Gasteiger partial charge >= 0.3 is 12.3 Å². The minimum atomic E-state index is -4.41. The maximum Gasteiger partial charge on any atom is 0.412 e. The molecular formula is C10H12F3NO3. The number of halogens is 3. The lowest BCUT2D eigenvalue weighted by atomic mass is 9.84. The zero-order valence-corrected chi connectivity index (χ0v) is 8.96. The van der Waals surface area contributed by atoms with Crippen LogP contribution >= 0.6 is 0 Å². The summed E-state index contributed by atoms with van der Waals surface area (Å²) < 4.78 is 42.6. The van der Waals surface area contributed by atoms with Crippen molar-refractivity contribution in [3.8, 4) is 0 Å². The van der Waals surface area contributed by atoms with E-state index in [1.54, 1.807) is 0 Å². The molecule has 1 N–H and O–H groups in total. The SMILES string of the molecule is C=C(C1COC2(C1)CN(C(=O)O)C2)C(F)(F)F. The molecule has 0 bridgehead atoms. The number of carboxylic acid groups (broad SMARTS) is 1. The van der Waals surface area contributed by atoms with Crippen LogP contribution in [0.3, 0.4) is 0 Å². The lowest BCUT2D eigenvalue weighted by Crippen LogP contribution is -2.62. The van der Waals surface area contributed by atoms with Gasteiger partial charge in [-0.2, -0.15) is 13.2 Å². The summed E-state index contributed by atoms with van der Waals surface area (Å²) in [5.74, 6) is -0.758. The fraction of sp³-hybridized carbons (Fsp3) is 0.700. The van der Waals surface area contributed by atoms with Gasteiger partial charge in [0.25, 0.3) is 0 Å². The molecule has 1 amide bonds. The molecule has 17 heavy (non-hydrogen) atoms. The van der Waals surface area contributed by atoms with Crippen LogP contribution in [0.15, 0.2) is 12.2 Å². The average Bonchev–Trinajstić information content (AvgIpc) is 2.56. The first-order chi connectivity index (χ1) is 7.73. The second-order valence-electron chi connectivity index (χ2n) is 4.56. The van der Waals surface area contributed by atoms with Gasteiger partial charge in [0.05, 0.1) is 19.7 Å². The van der Waals surface area contributed by atoms with Crippen molar-refractivity contribution in [3.05, 3.63) is 12.2 Å². The van der Waals surface area contributed by atoms with Crippen LogP contribution in [0.4, 0.5) is 18.0 Å². The largest absolute Gasteiger partial charge is 0.465 e. The molecule has 7 heteroatoms. The molecule has 2 rings (SSSR count). The Morgan fingerprint density at radius 3 is 2.53 bits per heavy atom. The number of hydrogen-bond donors (Lipinski definition) is 1. The summed E-state index contributed by atoms with van der Waals surface area (Å²) in [7, 11) is 0. The van der Waals surface area contributed by atoms with Gasteiger partial charge in [-0.1, -0.05) is 6.58 Å². The Kier molecular flexibility index (Phi) is 2.61. The highest BCUT2D eigenvalue weighted by molar-refractivity contribution is 5.66. The molecule has 2 saturated heterocycles. The molecule has 1 spiro atoms. The van der Waals surface area contributed by atoms with Crippen LogP contribution in [0.2, 0.25) is 0 Å². The molecule has 1 atom stereocenters. The van der Waals surface area contributed by atoms with Gasteiger partial charge in [-0.3, -0.25) is 0 Å². The second kappa shape index (κ2) is 3.63. The summed E-state index contributed by atoms with van der Waals surface area (Å²) in [5.41, 5.74) is -1.51. The van der Waals surface area contributed by atoms with Gasteiger partial charge in [-0.05, 0) is 6.42 Å². The Bertz CT molecular complexity index is 360. The molecule has 2 aliphatic heterocycles. The third-order valence-electron chi connectivity index (χ3n) is 3.29. The topological polar surface area (TPSA) is 49.8 Å². The molecular weight excluding hydrogens is 239 g/mol. The van der Waals surface area contributed by atoms with Gasteiger partial charge in [0.1, 0.15) is 5.60 Å². The molecule has 0 aromatic rings. The standard InChI is InChI=1S/C10H12F3NO3/c1-6(10(11,12)13)7-2-9(17-3-7)4-14(5-9)8(15)16/h7H,1-5H2,(H,15,16). The van der Waals surface area contributed by atoms with E-state index >= 15 is 0 Å². The number of carbonyl (C=O) groups is 1. The highest BCUT2D eigenvalue weighted by Crippen LogP contribution is 2.43. The van der Waals surface area contributed by atoms with Crippen LogP contribution in [0.5, 0.6) is 0 Å². The molecule has 96 valence electrons. The summed E-state index contributed by atoms with van der Waals surface area (Å²) in [6, 6.07) is 0.